The monoisotopic (exact) mass is 302 g/mol. The quantitative estimate of drug-likeness (QED) is 0.623. The summed E-state index contributed by atoms with van der Waals surface area (Å²) in [6, 6.07) is 8.24. The molecule has 0 bridgehead atoms. The molecule has 1 aliphatic rings. The number of hydrogen-bond acceptors (Lipinski definition) is 2. The number of carbonyl (C=O) groups excluding carboxylic acids is 1. The summed E-state index contributed by atoms with van der Waals surface area (Å²) in [6.45, 7) is 7.98. The predicted octanol–water partition coefficient (Wildman–Crippen LogP) is 1.88. The topological polar surface area (TPSA) is 56.7 Å². The first-order valence-electron chi connectivity index (χ1n) is 8.11. The molecule has 5 heteroatoms. The predicted molar refractivity (Wildman–Crippen MR) is 89.6 cm³/mol. The van der Waals surface area contributed by atoms with Crippen LogP contribution in [0.15, 0.2) is 29.3 Å². The first-order valence-corrected chi connectivity index (χ1v) is 8.11. The smallest absolute Gasteiger partial charge is 0.222 e. The summed E-state index contributed by atoms with van der Waals surface area (Å²) in [5.74, 6) is 1.09. The largest absolute Gasteiger partial charge is 0.357 e. The molecular weight excluding hydrogens is 276 g/mol. The zero-order chi connectivity index (χ0) is 15.8. The highest BCUT2D eigenvalue weighted by atomic mass is 16.2. The minimum absolute atomic E-state index is 0.263. The number of nitrogens with zero attached hydrogens (tertiary/aromatic N) is 2. The maximum atomic E-state index is 11.8. The summed E-state index contributed by atoms with van der Waals surface area (Å²) >= 11 is 0. The lowest BCUT2D eigenvalue weighted by Gasteiger charge is -2.18. The molecule has 0 saturated carbocycles. The van der Waals surface area contributed by atoms with Gasteiger partial charge in [-0.15, -0.1) is 0 Å². The Hall–Kier alpha value is -2.04. The second kappa shape index (κ2) is 8.41. The number of rotatable bonds is 6. The fourth-order valence-electron chi connectivity index (χ4n) is 2.62. The van der Waals surface area contributed by atoms with Crippen molar-refractivity contribution in [3.05, 3.63) is 35.4 Å². The molecule has 5 nitrogen and oxygen atoms in total. The second-order valence-corrected chi connectivity index (χ2v) is 5.41. The van der Waals surface area contributed by atoms with E-state index in [0.717, 1.165) is 32.0 Å². The Kier molecular flexibility index (Phi) is 6.25. The maximum absolute atomic E-state index is 11.8. The van der Waals surface area contributed by atoms with E-state index in [1.165, 1.54) is 11.1 Å². The van der Waals surface area contributed by atoms with Crippen LogP contribution >= 0.6 is 0 Å². The molecule has 1 heterocycles. The Morgan fingerprint density at radius 1 is 1.18 bits per heavy atom. The van der Waals surface area contributed by atoms with E-state index >= 15 is 0 Å². The van der Waals surface area contributed by atoms with Crippen LogP contribution in [-0.2, 0) is 17.9 Å². The summed E-state index contributed by atoms with van der Waals surface area (Å²) in [4.78, 5) is 18.4. The van der Waals surface area contributed by atoms with Gasteiger partial charge in [-0.1, -0.05) is 24.3 Å². The molecule has 0 unspecified atom stereocenters. The lowest BCUT2D eigenvalue weighted by atomic mass is 10.1. The Balaban J connectivity index is 2.07. The molecule has 1 aromatic carbocycles. The number of guanidine groups is 1. The van der Waals surface area contributed by atoms with Crippen molar-refractivity contribution in [2.75, 3.05) is 19.6 Å². The molecule has 1 saturated heterocycles. The Bertz CT molecular complexity index is 519. The fourth-order valence-corrected chi connectivity index (χ4v) is 2.62. The van der Waals surface area contributed by atoms with Crippen LogP contribution in [0.3, 0.4) is 0 Å². The molecule has 0 aliphatic carbocycles. The highest BCUT2D eigenvalue weighted by molar-refractivity contribution is 5.79. The van der Waals surface area contributed by atoms with Crippen LogP contribution in [0.5, 0.6) is 0 Å². The van der Waals surface area contributed by atoms with E-state index in [1.807, 2.05) is 17.0 Å². The lowest BCUT2D eigenvalue weighted by molar-refractivity contribution is -0.128. The standard InChI is InChI=1S/C17H26N4O/c1-3-18-17(19-4-2)20-12-14-8-5-6-9-15(14)13-21-11-7-10-16(21)22/h5-6,8-9H,3-4,7,10-13H2,1-2H3,(H2,18,19,20). The van der Waals surface area contributed by atoms with Crippen molar-refractivity contribution in [3.8, 4) is 0 Å². The summed E-state index contributed by atoms with van der Waals surface area (Å²) in [7, 11) is 0. The molecule has 120 valence electrons. The van der Waals surface area contributed by atoms with Gasteiger partial charge in [0.2, 0.25) is 5.91 Å². The van der Waals surface area contributed by atoms with Crippen molar-refractivity contribution >= 4 is 11.9 Å². The van der Waals surface area contributed by atoms with Gasteiger partial charge >= 0.3 is 0 Å². The van der Waals surface area contributed by atoms with Gasteiger partial charge in [0.25, 0.3) is 0 Å². The van der Waals surface area contributed by atoms with Gasteiger partial charge in [0, 0.05) is 32.6 Å². The first kappa shape index (κ1) is 16.3. The van der Waals surface area contributed by atoms with Crippen molar-refractivity contribution in [2.45, 2.75) is 39.8 Å². The molecular formula is C17H26N4O. The van der Waals surface area contributed by atoms with Gasteiger partial charge in [0.15, 0.2) is 5.96 Å². The van der Waals surface area contributed by atoms with E-state index in [9.17, 15) is 4.79 Å². The molecule has 1 amide bonds. The third kappa shape index (κ3) is 4.48. The SMILES string of the molecule is CCNC(=NCc1ccccc1CN1CCCC1=O)NCC. The minimum atomic E-state index is 0.263. The van der Waals surface area contributed by atoms with Gasteiger partial charge < -0.3 is 15.5 Å². The van der Waals surface area contributed by atoms with E-state index < -0.39 is 0 Å². The van der Waals surface area contributed by atoms with Crippen molar-refractivity contribution < 1.29 is 4.79 Å². The molecule has 1 fully saturated rings. The maximum Gasteiger partial charge on any atom is 0.222 e. The normalized spacial score (nSPS) is 14.1. The van der Waals surface area contributed by atoms with Crippen molar-refractivity contribution in [3.63, 3.8) is 0 Å². The average Bonchev–Trinajstić information content (AvgIpc) is 2.92. The highest BCUT2D eigenvalue weighted by Crippen LogP contribution is 2.17. The molecule has 0 atom stereocenters. The van der Waals surface area contributed by atoms with Gasteiger partial charge in [-0.2, -0.15) is 0 Å². The fraction of sp³-hybridized carbons (Fsp3) is 0.529. The van der Waals surface area contributed by atoms with E-state index in [-0.39, 0.29) is 5.91 Å². The minimum Gasteiger partial charge on any atom is -0.357 e. The number of likely N-dealkylation sites (tertiary alicyclic amines) is 1. The summed E-state index contributed by atoms with van der Waals surface area (Å²) in [5.41, 5.74) is 2.37. The van der Waals surface area contributed by atoms with E-state index in [2.05, 4.69) is 41.6 Å². The van der Waals surface area contributed by atoms with Crippen molar-refractivity contribution in [1.29, 1.82) is 0 Å². The number of amides is 1. The molecule has 1 aliphatic heterocycles. The Morgan fingerprint density at radius 3 is 2.45 bits per heavy atom. The zero-order valence-electron chi connectivity index (χ0n) is 13.6. The van der Waals surface area contributed by atoms with Gasteiger partial charge in [-0.25, -0.2) is 4.99 Å². The van der Waals surface area contributed by atoms with Crippen LogP contribution in [0.1, 0.15) is 37.8 Å². The number of benzene rings is 1. The Morgan fingerprint density at radius 2 is 1.86 bits per heavy atom. The molecule has 2 N–H and O–H groups in total. The van der Waals surface area contributed by atoms with Crippen molar-refractivity contribution in [2.24, 2.45) is 4.99 Å². The summed E-state index contributed by atoms with van der Waals surface area (Å²) in [6.07, 6.45) is 1.66. The molecule has 0 aromatic heterocycles. The number of nitrogens with one attached hydrogen (secondary N) is 2. The van der Waals surface area contributed by atoms with Crippen LogP contribution < -0.4 is 10.6 Å². The number of hydrogen-bond donors (Lipinski definition) is 2. The second-order valence-electron chi connectivity index (χ2n) is 5.41. The van der Waals surface area contributed by atoms with Crippen LogP contribution in [0.4, 0.5) is 0 Å². The highest BCUT2D eigenvalue weighted by Gasteiger charge is 2.20. The summed E-state index contributed by atoms with van der Waals surface area (Å²) < 4.78 is 0. The molecule has 0 spiro atoms. The van der Waals surface area contributed by atoms with E-state index in [1.54, 1.807) is 0 Å². The molecule has 1 aromatic rings. The summed E-state index contributed by atoms with van der Waals surface area (Å²) in [5, 5.41) is 6.46. The van der Waals surface area contributed by atoms with Crippen LogP contribution in [0, 0.1) is 0 Å². The van der Waals surface area contributed by atoms with Crippen LogP contribution in [0.2, 0.25) is 0 Å². The van der Waals surface area contributed by atoms with Gasteiger partial charge in [0.05, 0.1) is 6.54 Å². The average molecular weight is 302 g/mol. The zero-order valence-corrected chi connectivity index (χ0v) is 13.6. The number of carbonyl (C=O) groups is 1. The Labute approximate surface area is 132 Å². The van der Waals surface area contributed by atoms with Crippen LogP contribution in [0.25, 0.3) is 0 Å². The third-order valence-electron chi connectivity index (χ3n) is 3.75. The molecule has 0 radical (unpaired) electrons. The third-order valence-corrected chi connectivity index (χ3v) is 3.75. The van der Waals surface area contributed by atoms with Crippen molar-refractivity contribution in [1.82, 2.24) is 15.5 Å². The van der Waals surface area contributed by atoms with Crippen LogP contribution in [-0.4, -0.2) is 36.4 Å². The molecule has 22 heavy (non-hydrogen) atoms. The number of aliphatic imine (C=N–C) groups is 1. The van der Waals surface area contributed by atoms with Gasteiger partial charge in [-0.3, -0.25) is 4.79 Å². The molecule has 2 rings (SSSR count). The van der Waals surface area contributed by atoms with Gasteiger partial charge in [0.1, 0.15) is 0 Å². The van der Waals surface area contributed by atoms with E-state index in [0.29, 0.717) is 19.5 Å². The van der Waals surface area contributed by atoms with E-state index in [4.69, 9.17) is 0 Å². The van der Waals surface area contributed by atoms with Gasteiger partial charge in [-0.05, 0) is 31.4 Å². The lowest BCUT2D eigenvalue weighted by Crippen LogP contribution is -2.37. The first-order chi connectivity index (χ1) is 10.7.